The van der Waals surface area contributed by atoms with Crippen molar-refractivity contribution in [3.05, 3.63) is 51.6 Å². The van der Waals surface area contributed by atoms with E-state index >= 15 is 0 Å². The number of carbonyl (C=O) groups is 1. The summed E-state index contributed by atoms with van der Waals surface area (Å²) in [4.78, 5) is 16.9. The van der Waals surface area contributed by atoms with Gasteiger partial charge in [-0.3, -0.25) is 14.8 Å². The maximum Gasteiger partial charge on any atom is 0.274 e. The standard InChI is InChI=1S/C18H21ClFN5O/c19-15-9-13(20)2-1-12(15)11-24-5-7-25(8-6-24)18(26)17-14-10-21-4-3-16(14)22-23-17/h1-2,9,21H,3-8,10-11H2,(H,22,23). The quantitative estimate of drug-likeness (QED) is 0.856. The third-order valence-corrected chi connectivity index (χ3v) is 5.43. The molecule has 1 fully saturated rings. The highest BCUT2D eigenvalue weighted by Gasteiger charge is 2.28. The minimum Gasteiger partial charge on any atom is -0.335 e. The minimum atomic E-state index is -0.328. The van der Waals surface area contributed by atoms with Crippen LogP contribution < -0.4 is 5.32 Å². The number of H-pyrrole nitrogens is 1. The van der Waals surface area contributed by atoms with E-state index in [1.54, 1.807) is 6.07 Å². The largest absolute Gasteiger partial charge is 0.335 e. The first-order valence-corrected chi connectivity index (χ1v) is 9.22. The first-order chi connectivity index (χ1) is 12.6. The molecular formula is C18H21ClFN5O. The predicted molar refractivity (Wildman–Crippen MR) is 96.6 cm³/mol. The zero-order valence-corrected chi connectivity index (χ0v) is 15.2. The molecule has 2 N–H and O–H groups in total. The molecule has 0 atom stereocenters. The second kappa shape index (κ2) is 7.34. The number of hydrogen-bond donors (Lipinski definition) is 2. The van der Waals surface area contributed by atoms with Gasteiger partial charge in [0.05, 0.1) is 0 Å². The molecule has 0 aliphatic carbocycles. The maximum absolute atomic E-state index is 13.2. The number of nitrogens with one attached hydrogen (secondary N) is 2. The van der Waals surface area contributed by atoms with Crippen molar-refractivity contribution in [1.82, 2.24) is 25.3 Å². The molecule has 4 rings (SSSR count). The van der Waals surface area contributed by atoms with Gasteiger partial charge < -0.3 is 10.2 Å². The van der Waals surface area contributed by atoms with E-state index < -0.39 is 0 Å². The highest BCUT2D eigenvalue weighted by Crippen LogP contribution is 2.21. The number of piperazine rings is 1. The Morgan fingerprint density at radius 3 is 2.85 bits per heavy atom. The van der Waals surface area contributed by atoms with Crippen molar-refractivity contribution in [3.8, 4) is 0 Å². The van der Waals surface area contributed by atoms with Gasteiger partial charge in [-0.2, -0.15) is 5.10 Å². The van der Waals surface area contributed by atoms with Gasteiger partial charge in [-0.25, -0.2) is 4.39 Å². The molecule has 0 spiro atoms. The Bertz CT molecular complexity index is 816. The first kappa shape index (κ1) is 17.5. The molecule has 6 nitrogen and oxygen atoms in total. The van der Waals surface area contributed by atoms with Crippen LogP contribution in [0.25, 0.3) is 0 Å². The summed E-state index contributed by atoms with van der Waals surface area (Å²) in [5.74, 6) is -0.336. The fourth-order valence-corrected chi connectivity index (χ4v) is 3.78. The SMILES string of the molecule is O=C(c1n[nH]c2c1CNCC2)N1CCN(Cc2ccc(F)cc2Cl)CC1. The minimum absolute atomic E-state index is 0.00864. The van der Waals surface area contributed by atoms with Crippen molar-refractivity contribution in [2.75, 3.05) is 32.7 Å². The molecule has 2 aliphatic rings. The normalized spacial score (nSPS) is 18.0. The van der Waals surface area contributed by atoms with Crippen molar-refractivity contribution < 1.29 is 9.18 Å². The molecule has 2 aliphatic heterocycles. The van der Waals surface area contributed by atoms with Crippen LogP contribution in [-0.2, 0) is 19.5 Å². The van der Waals surface area contributed by atoms with E-state index in [-0.39, 0.29) is 11.7 Å². The van der Waals surface area contributed by atoms with Crippen molar-refractivity contribution in [2.24, 2.45) is 0 Å². The van der Waals surface area contributed by atoms with E-state index in [1.807, 2.05) is 4.90 Å². The molecule has 3 heterocycles. The Kier molecular flexibility index (Phi) is 4.93. The van der Waals surface area contributed by atoms with Crippen molar-refractivity contribution in [1.29, 1.82) is 0 Å². The molecule has 0 saturated carbocycles. The lowest BCUT2D eigenvalue weighted by Gasteiger charge is -2.34. The van der Waals surface area contributed by atoms with E-state index in [0.29, 0.717) is 36.9 Å². The van der Waals surface area contributed by atoms with E-state index in [9.17, 15) is 9.18 Å². The van der Waals surface area contributed by atoms with Crippen LogP contribution in [0.1, 0.15) is 27.3 Å². The van der Waals surface area contributed by atoms with E-state index in [0.717, 1.165) is 42.9 Å². The third kappa shape index (κ3) is 3.47. The molecule has 2 aromatic rings. The van der Waals surface area contributed by atoms with E-state index in [1.165, 1.54) is 12.1 Å². The summed E-state index contributed by atoms with van der Waals surface area (Å²) < 4.78 is 13.2. The van der Waals surface area contributed by atoms with Crippen LogP contribution in [0.15, 0.2) is 18.2 Å². The molecular weight excluding hydrogens is 357 g/mol. The zero-order chi connectivity index (χ0) is 18.1. The molecule has 1 saturated heterocycles. The van der Waals surface area contributed by atoms with Gasteiger partial charge in [0.2, 0.25) is 0 Å². The van der Waals surface area contributed by atoms with Crippen LogP contribution in [0.5, 0.6) is 0 Å². The van der Waals surface area contributed by atoms with E-state index in [4.69, 9.17) is 11.6 Å². The number of aromatic amines is 1. The average molecular weight is 378 g/mol. The summed E-state index contributed by atoms with van der Waals surface area (Å²) in [6.45, 7) is 5.06. The number of benzene rings is 1. The Hall–Kier alpha value is -1.96. The van der Waals surface area contributed by atoms with Gasteiger partial charge >= 0.3 is 0 Å². The van der Waals surface area contributed by atoms with Crippen LogP contribution in [0.3, 0.4) is 0 Å². The number of aromatic nitrogens is 2. The van der Waals surface area contributed by atoms with Crippen LogP contribution in [0.2, 0.25) is 5.02 Å². The van der Waals surface area contributed by atoms with Gasteiger partial charge in [0, 0.05) is 68.5 Å². The van der Waals surface area contributed by atoms with Crippen LogP contribution in [0, 0.1) is 5.82 Å². The molecule has 0 bridgehead atoms. The molecule has 1 aromatic carbocycles. The van der Waals surface area contributed by atoms with Crippen LogP contribution in [-0.4, -0.2) is 58.6 Å². The molecule has 1 amide bonds. The Labute approximate surface area is 156 Å². The fraction of sp³-hybridized carbons (Fsp3) is 0.444. The molecule has 0 unspecified atom stereocenters. The van der Waals surface area contributed by atoms with E-state index in [2.05, 4.69) is 20.4 Å². The van der Waals surface area contributed by atoms with Gasteiger partial charge in [-0.15, -0.1) is 0 Å². The lowest BCUT2D eigenvalue weighted by Crippen LogP contribution is -2.48. The van der Waals surface area contributed by atoms with Crippen molar-refractivity contribution in [3.63, 3.8) is 0 Å². The van der Waals surface area contributed by atoms with Gasteiger partial charge in [0.25, 0.3) is 5.91 Å². The number of nitrogens with zero attached hydrogens (tertiary/aromatic N) is 3. The number of rotatable bonds is 3. The summed E-state index contributed by atoms with van der Waals surface area (Å²) in [5, 5.41) is 11.0. The maximum atomic E-state index is 13.2. The monoisotopic (exact) mass is 377 g/mol. The molecule has 1 aromatic heterocycles. The summed E-state index contributed by atoms with van der Waals surface area (Å²) in [6, 6.07) is 4.49. The Morgan fingerprint density at radius 2 is 2.08 bits per heavy atom. The molecule has 8 heteroatoms. The molecule has 26 heavy (non-hydrogen) atoms. The number of hydrogen-bond acceptors (Lipinski definition) is 4. The summed E-state index contributed by atoms with van der Waals surface area (Å²) in [5.41, 5.74) is 3.51. The Morgan fingerprint density at radius 1 is 1.27 bits per heavy atom. The van der Waals surface area contributed by atoms with Crippen LogP contribution >= 0.6 is 11.6 Å². The molecule has 0 radical (unpaired) electrons. The Balaban J connectivity index is 1.37. The lowest BCUT2D eigenvalue weighted by atomic mass is 10.1. The number of amides is 1. The second-order valence-electron chi connectivity index (χ2n) is 6.76. The molecule has 138 valence electrons. The van der Waals surface area contributed by atoms with Crippen LogP contribution in [0.4, 0.5) is 4.39 Å². The smallest absolute Gasteiger partial charge is 0.274 e. The van der Waals surface area contributed by atoms with Gasteiger partial charge in [0.1, 0.15) is 5.82 Å². The number of halogens is 2. The third-order valence-electron chi connectivity index (χ3n) is 5.08. The highest BCUT2D eigenvalue weighted by atomic mass is 35.5. The number of carbonyl (C=O) groups excluding carboxylic acids is 1. The van der Waals surface area contributed by atoms with Crippen molar-refractivity contribution >= 4 is 17.5 Å². The first-order valence-electron chi connectivity index (χ1n) is 8.84. The zero-order valence-electron chi connectivity index (χ0n) is 14.4. The van der Waals surface area contributed by atoms with Crippen molar-refractivity contribution in [2.45, 2.75) is 19.5 Å². The van der Waals surface area contributed by atoms with Gasteiger partial charge in [-0.1, -0.05) is 17.7 Å². The predicted octanol–water partition coefficient (Wildman–Crippen LogP) is 1.81. The summed E-state index contributed by atoms with van der Waals surface area (Å²) in [7, 11) is 0. The number of fused-ring (bicyclic) bond motifs is 1. The summed E-state index contributed by atoms with van der Waals surface area (Å²) in [6.07, 6.45) is 0.877. The fourth-order valence-electron chi connectivity index (χ4n) is 3.55. The van der Waals surface area contributed by atoms with Gasteiger partial charge in [-0.05, 0) is 17.7 Å². The topological polar surface area (TPSA) is 64.3 Å². The lowest BCUT2D eigenvalue weighted by molar-refractivity contribution is 0.0621. The van der Waals surface area contributed by atoms with Gasteiger partial charge in [0.15, 0.2) is 5.69 Å². The second-order valence-corrected chi connectivity index (χ2v) is 7.17. The highest BCUT2D eigenvalue weighted by molar-refractivity contribution is 6.31. The summed E-state index contributed by atoms with van der Waals surface area (Å²) >= 11 is 6.11. The average Bonchev–Trinajstić information content (AvgIpc) is 3.08.